The summed E-state index contributed by atoms with van der Waals surface area (Å²) in [6.07, 6.45) is -1.08. The van der Waals surface area contributed by atoms with Gasteiger partial charge in [-0.05, 0) is 45.0 Å². The molecule has 0 spiro atoms. The van der Waals surface area contributed by atoms with E-state index in [1.54, 1.807) is 44.2 Å². The summed E-state index contributed by atoms with van der Waals surface area (Å²) in [6, 6.07) is 16.2. The number of para-hydroxylation sites is 3. The van der Waals surface area contributed by atoms with Crippen LogP contribution in [0.15, 0.2) is 54.6 Å². The van der Waals surface area contributed by atoms with Gasteiger partial charge < -0.3 is 15.0 Å². The smallest absolute Gasteiger partial charge is 0.355 e. The number of nitrogens with zero attached hydrogens (tertiary/aromatic N) is 1. The van der Waals surface area contributed by atoms with Crippen LogP contribution in [0.4, 0.5) is 11.4 Å². The summed E-state index contributed by atoms with van der Waals surface area (Å²) in [5.41, 5.74) is 1.05. The fourth-order valence-electron chi connectivity index (χ4n) is 3.49. The number of ether oxygens (including phenoxy) is 1. The fourth-order valence-corrected chi connectivity index (χ4v) is 3.49. The zero-order chi connectivity index (χ0) is 20.8. The maximum absolute atomic E-state index is 13.2. The van der Waals surface area contributed by atoms with Gasteiger partial charge >= 0.3 is 5.97 Å². The minimum atomic E-state index is -1.13. The van der Waals surface area contributed by atoms with Gasteiger partial charge in [0.2, 0.25) is 5.91 Å². The molecule has 2 amide bonds. The van der Waals surface area contributed by atoms with E-state index < -0.39 is 23.5 Å². The third-order valence-electron chi connectivity index (χ3n) is 5.11. The number of aromatic amines is 1. The molecule has 7 heteroatoms. The number of carbonyl (C=O) groups is 3. The predicted octanol–water partition coefficient (Wildman–Crippen LogP) is 3.48. The molecule has 0 saturated heterocycles. The Hall–Kier alpha value is -3.61. The number of aromatic nitrogens is 1. The Bertz CT molecular complexity index is 1100. The van der Waals surface area contributed by atoms with Crippen LogP contribution in [0.3, 0.4) is 0 Å². The molecule has 7 nitrogen and oxygen atoms in total. The number of benzene rings is 2. The molecule has 3 aromatic rings. The van der Waals surface area contributed by atoms with Crippen LogP contribution in [-0.4, -0.2) is 34.4 Å². The van der Waals surface area contributed by atoms with Crippen LogP contribution in [0.1, 0.15) is 31.3 Å². The molecule has 0 aliphatic carbocycles. The molecule has 0 fully saturated rings. The molecule has 0 saturated carbocycles. The molecule has 148 valence electrons. The number of amides is 2. The topological polar surface area (TPSA) is 91.5 Å². The zero-order valence-electron chi connectivity index (χ0n) is 16.4. The molecule has 1 aliphatic heterocycles. The van der Waals surface area contributed by atoms with Gasteiger partial charge in [-0.15, -0.1) is 0 Å². The summed E-state index contributed by atoms with van der Waals surface area (Å²) in [7, 11) is 0. The number of anilines is 2. The maximum atomic E-state index is 13.2. The molecule has 0 bridgehead atoms. The molecule has 2 aromatic carbocycles. The molecule has 2 heterocycles. The number of nitrogens with one attached hydrogen (secondary N) is 2. The lowest BCUT2D eigenvalue weighted by molar-refractivity contribution is -0.131. The van der Waals surface area contributed by atoms with Crippen LogP contribution in [0, 0.1) is 0 Å². The minimum absolute atomic E-state index is 0.266. The molecule has 0 radical (unpaired) electrons. The van der Waals surface area contributed by atoms with Crippen molar-refractivity contribution < 1.29 is 19.1 Å². The van der Waals surface area contributed by atoms with Gasteiger partial charge in [0.1, 0.15) is 11.2 Å². The largest absolute Gasteiger partial charge is 0.448 e. The number of rotatable bonds is 3. The summed E-state index contributed by atoms with van der Waals surface area (Å²) in [5.74, 6) is -1.41. The molecule has 4 rings (SSSR count). The fraction of sp³-hybridized carbons (Fsp3) is 0.227. The first-order valence-electron chi connectivity index (χ1n) is 9.32. The van der Waals surface area contributed by atoms with Crippen molar-refractivity contribution in [1.82, 2.24) is 4.98 Å². The Balaban J connectivity index is 1.60. The third-order valence-corrected chi connectivity index (χ3v) is 5.11. The summed E-state index contributed by atoms with van der Waals surface area (Å²) < 4.78 is 5.43. The Kier molecular flexibility index (Phi) is 4.38. The Labute approximate surface area is 167 Å². The minimum Gasteiger partial charge on any atom is -0.448 e. The molecule has 0 unspecified atom stereocenters. The lowest BCUT2D eigenvalue weighted by atomic mass is 9.95. The summed E-state index contributed by atoms with van der Waals surface area (Å²) in [5, 5.41) is 3.69. The standard InChI is InChI=1S/C22H21N3O4/c1-13(29-20(27)17-12-14-8-4-5-9-15(14)23-17)19(26)25-18-11-7-6-10-16(18)24-21(28)22(25,2)3/h4-13,23H,1-3H3,(H,24,28)/t13-/m1/s1. The van der Waals surface area contributed by atoms with Gasteiger partial charge in [-0.1, -0.05) is 30.3 Å². The molecule has 1 aliphatic rings. The molecular formula is C22H21N3O4. The van der Waals surface area contributed by atoms with Gasteiger partial charge in [0.05, 0.1) is 11.4 Å². The van der Waals surface area contributed by atoms with Gasteiger partial charge in [0.15, 0.2) is 6.10 Å². The van der Waals surface area contributed by atoms with Gasteiger partial charge in [-0.2, -0.15) is 0 Å². The molecule has 1 aromatic heterocycles. The predicted molar refractivity (Wildman–Crippen MR) is 110 cm³/mol. The highest BCUT2D eigenvalue weighted by atomic mass is 16.5. The van der Waals surface area contributed by atoms with Crippen LogP contribution in [0.5, 0.6) is 0 Å². The van der Waals surface area contributed by atoms with Crippen molar-refractivity contribution in [1.29, 1.82) is 0 Å². The van der Waals surface area contributed by atoms with Crippen molar-refractivity contribution in [3.05, 3.63) is 60.3 Å². The van der Waals surface area contributed by atoms with Crippen molar-refractivity contribution in [3.8, 4) is 0 Å². The number of hydrogen-bond acceptors (Lipinski definition) is 4. The van der Waals surface area contributed by atoms with Crippen LogP contribution in [0.2, 0.25) is 0 Å². The summed E-state index contributed by atoms with van der Waals surface area (Å²) in [4.78, 5) is 42.7. The van der Waals surface area contributed by atoms with Gasteiger partial charge in [-0.25, -0.2) is 4.79 Å². The van der Waals surface area contributed by atoms with Crippen LogP contribution >= 0.6 is 0 Å². The monoisotopic (exact) mass is 391 g/mol. The zero-order valence-corrected chi connectivity index (χ0v) is 16.4. The first-order valence-corrected chi connectivity index (χ1v) is 9.32. The van der Waals surface area contributed by atoms with E-state index in [1.807, 2.05) is 24.3 Å². The second kappa shape index (κ2) is 6.77. The van der Waals surface area contributed by atoms with Crippen LogP contribution in [0.25, 0.3) is 10.9 Å². The van der Waals surface area contributed by atoms with Crippen LogP contribution in [-0.2, 0) is 14.3 Å². The SMILES string of the molecule is C[C@@H](OC(=O)c1cc2ccccc2[nH]1)C(=O)N1c2ccccc2NC(=O)C1(C)C. The number of hydrogen-bond donors (Lipinski definition) is 2. The maximum Gasteiger partial charge on any atom is 0.355 e. The second-order valence-electron chi connectivity index (χ2n) is 7.52. The highest BCUT2D eigenvalue weighted by molar-refractivity contribution is 6.15. The van der Waals surface area contributed by atoms with Crippen molar-refractivity contribution in [3.63, 3.8) is 0 Å². The van der Waals surface area contributed by atoms with Gasteiger partial charge in [0.25, 0.3) is 5.91 Å². The van der Waals surface area contributed by atoms with E-state index in [9.17, 15) is 14.4 Å². The Morgan fingerprint density at radius 2 is 1.76 bits per heavy atom. The Morgan fingerprint density at radius 1 is 1.07 bits per heavy atom. The Morgan fingerprint density at radius 3 is 2.52 bits per heavy atom. The van der Waals surface area contributed by atoms with E-state index >= 15 is 0 Å². The van der Waals surface area contributed by atoms with E-state index in [4.69, 9.17) is 4.74 Å². The van der Waals surface area contributed by atoms with Crippen LogP contribution < -0.4 is 10.2 Å². The third kappa shape index (κ3) is 3.14. The van der Waals surface area contributed by atoms with E-state index in [1.165, 1.54) is 11.8 Å². The molecule has 1 atom stereocenters. The quantitative estimate of drug-likeness (QED) is 0.669. The van der Waals surface area contributed by atoms with Crippen molar-refractivity contribution >= 4 is 40.1 Å². The average Bonchev–Trinajstić information content (AvgIpc) is 3.13. The van der Waals surface area contributed by atoms with E-state index in [0.29, 0.717) is 11.4 Å². The van der Waals surface area contributed by atoms with Crippen molar-refractivity contribution in [2.24, 2.45) is 0 Å². The van der Waals surface area contributed by atoms with Gasteiger partial charge in [-0.3, -0.25) is 14.5 Å². The number of esters is 1. The van der Waals surface area contributed by atoms with E-state index in [-0.39, 0.29) is 11.6 Å². The summed E-state index contributed by atoms with van der Waals surface area (Å²) in [6.45, 7) is 4.82. The van der Waals surface area contributed by atoms with Gasteiger partial charge in [0, 0.05) is 10.9 Å². The lowest BCUT2D eigenvalue weighted by Crippen LogP contribution is -2.60. The second-order valence-corrected chi connectivity index (χ2v) is 7.52. The van der Waals surface area contributed by atoms with Crippen molar-refractivity contribution in [2.45, 2.75) is 32.4 Å². The van der Waals surface area contributed by atoms with Crippen molar-refractivity contribution in [2.75, 3.05) is 10.2 Å². The van der Waals surface area contributed by atoms with E-state index in [2.05, 4.69) is 10.3 Å². The number of fused-ring (bicyclic) bond motifs is 2. The van der Waals surface area contributed by atoms with E-state index in [0.717, 1.165) is 10.9 Å². The first kappa shape index (κ1) is 18.7. The molecule has 29 heavy (non-hydrogen) atoms. The normalized spacial score (nSPS) is 16.1. The molecule has 2 N–H and O–H groups in total. The summed E-state index contributed by atoms with van der Waals surface area (Å²) >= 11 is 0. The first-order chi connectivity index (χ1) is 13.8. The highest BCUT2D eigenvalue weighted by Crippen LogP contribution is 2.37. The highest BCUT2D eigenvalue weighted by Gasteiger charge is 2.45. The molecular weight excluding hydrogens is 370 g/mol. The number of H-pyrrole nitrogens is 1. The lowest BCUT2D eigenvalue weighted by Gasteiger charge is -2.42. The number of carbonyl (C=O) groups excluding carboxylic acids is 3. The average molecular weight is 391 g/mol.